The zero-order valence-corrected chi connectivity index (χ0v) is 19.0. The summed E-state index contributed by atoms with van der Waals surface area (Å²) in [6.07, 6.45) is 3.78. The molecule has 0 N–H and O–H groups in total. The first-order chi connectivity index (χ1) is 14.9. The number of hydrogen-bond donors (Lipinski definition) is 0. The van der Waals surface area contributed by atoms with Crippen LogP contribution in [0.3, 0.4) is 0 Å². The van der Waals surface area contributed by atoms with E-state index in [0.717, 1.165) is 25.7 Å². The van der Waals surface area contributed by atoms with Gasteiger partial charge < -0.3 is 8.85 Å². The van der Waals surface area contributed by atoms with Gasteiger partial charge >= 0.3 is 20.9 Å². The van der Waals surface area contributed by atoms with Gasteiger partial charge in [0.25, 0.3) is 0 Å². The van der Waals surface area contributed by atoms with E-state index in [4.69, 9.17) is 8.85 Å². The highest BCUT2D eigenvalue weighted by atomic mass is 28.4. The van der Waals surface area contributed by atoms with Crippen molar-refractivity contribution in [2.75, 3.05) is 13.2 Å². The van der Waals surface area contributed by atoms with E-state index in [0.29, 0.717) is 17.0 Å². The number of alkyl halides is 4. The molecule has 7 heteroatoms. The Kier molecular flexibility index (Phi) is 10.7. The summed E-state index contributed by atoms with van der Waals surface area (Å²) in [7, 11) is -3.60. The second kappa shape index (κ2) is 13.0. The molecule has 0 radical (unpaired) electrons. The third-order valence-corrected chi connectivity index (χ3v) is 8.50. The smallest absolute Gasteiger partial charge is 0.388 e. The van der Waals surface area contributed by atoms with Crippen LogP contribution in [0.25, 0.3) is 0 Å². The molecule has 0 atom stereocenters. The number of benzene rings is 2. The quantitative estimate of drug-likeness (QED) is 0.188. The van der Waals surface area contributed by atoms with Crippen LogP contribution < -0.4 is 10.4 Å². The van der Waals surface area contributed by atoms with Crippen LogP contribution in [0.2, 0.25) is 0 Å². The maximum absolute atomic E-state index is 13.8. The summed E-state index contributed by atoms with van der Waals surface area (Å²) in [5, 5.41) is 1.24. The molecular formula is C24H32F4O2Si. The number of unbranched alkanes of at least 4 members (excludes halogenated alkanes) is 6. The van der Waals surface area contributed by atoms with Crippen molar-refractivity contribution >= 4 is 18.9 Å². The summed E-state index contributed by atoms with van der Waals surface area (Å²) in [6.45, 7) is 1.10. The van der Waals surface area contributed by atoms with Crippen LogP contribution in [0.1, 0.15) is 51.9 Å². The Bertz CT molecular complexity index is 689. The molecule has 2 aromatic rings. The molecule has 2 aromatic carbocycles. The van der Waals surface area contributed by atoms with Gasteiger partial charge in [-0.2, -0.15) is 8.78 Å². The summed E-state index contributed by atoms with van der Waals surface area (Å²) < 4.78 is 65.1. The Morgan fingerprint density at radius 1 is 0.742 bits per heavy atom. The Morgan fingerprint density at radius 2 is 1.23 bits per heavy atom. The van der Waals surface area contributed by atoms with E-state index in [9.17, 15) is 17.6 Å². The van der Waals surface area contributed by atoms with Gasteiger partial charge in [0, 0.05) is 6.61 Å². The van der Waals surface area contributed by atoms with E-state index in [2.05, 4.69) is 6.92 Å². The van der Waals surface area contributed by atoms with E-state index < -0.39 is 27.5 Å². The third-order valence-electron chi connectivity index (χ3n) is 5.15. The lowest BCUT2D eigenvalue weighted by molar-refractivity contribution is -0.151. The van der Waals surface area contributed by atoms with Gasteiger partial charge in [0.2, 0.25) is 0 Å². The number of rotatable bonds is 15. The average Bonchev–Trinajstić information content (AvgIpc) is 2.79. The second-order valence-electron chi connectivity index (χ2n) is 7.67. The van der Waals surface area contributed by atoms with Crippen LogP contribution in [-0.2, 0) is 8.85 Å². The Morgan fingerprint density at radius 3 is 1.71 bits per heavy atom. The van der Waals surface area contributed by atoms with Crippen LogP contribution in [0.4, 0.5) is 17.6 Å². The van der Waals surface area contributed by atoms with Crippen LogP contribution >= 0.6 is 0 Å². The summed E-state index contributed by atoms with van der Waals surface area (Å²) in [5.74, 6) is -4.25. The Hall–Kier alpha value is -1.70. The molecule has 172 valence electrons. The monoisotopic (exact) mass is 456 g/mol. The van der Waals surface area contributed by atoms with E-state index in [1.54, 1.807) is 60.7 Å². The molecule has 0 aliphatic heterocycles. The van der Waals surface area contributed by atoms with Crippen molar-refractivity contribution in [2.24, 2.45) is 0 Å². The molecule has 2 nitrogen and oxygen atoms in total. The van der Waals surface area contributed by atoms with Crippen LogP contribution in [0.5, 0.6) is 0 Å². The highest BCUT2D eigenvalue weighted by Crippen LogP contribution is 2.25. The molecule has 0 amide bonds. The van der Waals surface area contributed by atoms with Gasteiger partial charge in [0.1, 0.15) is 6.61 Å². The van der Waals surface area contributed by atoms with Gasteiger partial charge in [-0.15, -0.1) is 0 Å². The average molecular weight is 457 g/mol. The van der Waals surface area contributed by atoms with Gasteiger partial charge in [0.05, 0.1) is 0 Å². The Balaban J connectivity index is 2.20. The minimum Gasteiger partial charge on any atom is -0.388 e. The predicted molar refractivity (Wildman–Crippen MR) is 119 cm³/mol. The van der Waals surface area contributed by atoms with Crippen LogP contribution in [-0.4, -0.2) is 34.1 Å². The minimum absolute atomic E-state index is 0.323. The van der Waals surface area contributed by atoms with Gasteiger partial charge in [-0.25, -0.2) is 8.78 Å². The summed E-state index contributed by atoms with van der Waals surface area (Å²) in [6, 6.07) is 17.7. The first-order valence-corrected chi connectivity index (χ1v) is 12.8. The molecule has 0 aliphatic rings. The molecule has 2 rings (SSSR count). The fourth-order valence-corrected chi connectivity index (χ4v) is 6.57. The van der Waals surface area contributed by atoms with E-state index in [-0.39, 0.29) is 0 Å². The molecule has 31 heavy (non-hydrogen) atoms. The lowest BCUT2D eigenvalue weighted by Crippen LogP contribution is -2.64. The third kappa shape index (κ3) is 7.74. The first-order valence-electron chi connectivity index (χ1n) is 11.0. The van der Waals surface area contributed by atoms with Crippen LogP contribution in [0.15, 0.2) is 60.7 Å². The Labute approximate surface area is 183 Å². The first kappa shape index (κ1) is 25.6. The highest BCUT2D eigenvalue weighted by molar-refractivity contribution is 6.92. The van der Waals surface area contributed by atoms with Crippen molar-refractivity contribution in [3.05, 3.63) is 60.7 Å². The summed E-state index contributed by atoms with van der Waals surface area (Å²) >= 11 is 0. The van der Waals surface area contributed by atoms with Crippen molar-refractivity contribution in [3.8, 4) is 0 Å². The number of halogens is 4. The van der Waals surface area contributed by atoms with Gasteiger partial charge in [-0.1, -0.05) is 106 Å². The maximum atomic E-state index is 13.8. The second-order valence-corrected chi connectivity index (χ2v) is 10.6. The van der Waals surface area contributed by atoms with Gasteiger partial charge in [0.15, 0.2) is 0 Å². The van der Waals surface area contributed by atoms with Crippen molar-refractivity contribution < 1.29 is 26.4 Å². The molecule has 0 saturated carbocycles. The fourth-order valence-electron chi connectivity index (χ4n) is 3.39. The number of hydrogen-bond acceptors (Lipinski definition) is 2. The van der Waals surface area contributed by atoms with Crippen LogP contribution in [0, 0.1) is 0 Å². The van der Waals surface area contributed by atoms with E-state index >= 15 is 0 Å². The molecule has 0 spiro atoms. The molecule has 0 bridgehead atoms. The standard InChI is InChI=1S/C24H32F4O2Si/c1-2-3-4-5-6-7-14-19-29-31(21-15-10-8-11-16-21,22-17-12-9-13-18-22)30-20-24(27,28)23(25)26/h8-13,15-18,23H,2-7,14,19-20H2,1H3. The lowest BCUT2D eigenvalue weighted by atomic mass is 10.1. The largest absolute Gasteiger partial charge is 0.407 e. The van der Waals surface area contributed by atoms with Crippen molar-refractivity contribution in [1.82, 2.24) is 0 Å². The summed E-state index contributed by atoms with van der Waals surface area (Å²) in [4.78, 5) is 0. The normalized spacial score (nSPS) is 12.5. The zero-order chi connectivity index (χ0) is 22.6. The van der Waals surface area contributed by atoms with Gasteiger partial charge in [-0.3, -0.25) is 0 Å². The topological polar surface area (TPSA) is 18.5 Å². The van der Waals surface area contributed by atoms with E-state index in [1.807, 2.05) is 0 Å². The molecule has 0 heterocycles. The minimum atomic E-state index is -4.25. The fraction of sp³-hybridized carbons (Fsp3) is 0.500. The van der Waals surface area contributed by atoms with E-state index in [1.165, 1.54) is 19.3 Å². The molecular weight excluding hydrogens is 424 g/mol. The molecule has 0 saturated heterocycles. The van der Waals surface area contributed by atoms with Crippen molar-refractivity contribution in [3.63, 3.8) is 0 Å². The summed E-state index contributed by atoms with van der Waals surface area (Å²) in [5.41, 5.74) is 0. The SMILES string of the molecule is CCCCCCCCCO[Si](OCC(F)(F)C(F)F)(c1ccccc1)c1ccccc1. The molecule has 0 aliphatic carbocycles. The molecule has 0 fully saturated rings. The van der Waals surface area contributed by atoms with Gasteiger partial charge in [-0.05, 0) is 16.8 Å². The zero-order valence-electron chi connectivity index (χ0n) is 18.0. The molecule has 0 aromatic heterocycles. The predicted octanol–water partition coefficient (Wildman–Crippen LogP) is 5.93. The van der Waals surface area contributed by atoms with Crippen molar-refractivity contribution in [2.45, 2.75) is 64.2 Å². The van der Waals surface area contributed by atoms with Crippen molar-refractivity contribution in [1.29, 1.82) is 0 Å². The lowest BCUT2D eigenvalue weighted by Gasteiger charge is -2.33. The molecule has 0 unspecified atom stereocenters. The highest BCUT2D eigenvalue weighted by Gasteiger charge is 2.48. The maximum Gasteiger partial charge on any atom is 0.407 e.